The molecule has 0 radical (unpaired) electrons. The Morgan fingerprint density at radius 3 is 1.43 bits per heavy atom. The molecule has 6 aromatic carbocycles. The normalized spacial score (nSPS) is 11.2. The molecule has 0 spiro atoms. The highest BCUT2D eigenvalue weighted by Crippen LogP contribution is 2.30. The van der Waals surface area contributed by atoms with Crippen molar-refractivity contribution in [1.82, 2.24) is 27.8 Å². The second-order valence-corrected chi connectivity index (χ2v) is 25.3. The number of unbranched alkanes of at least 4 members (excludes halogenated alkanes) is 2. The van der Waals surface area contributed by atoms with Crippen LogP contribution in [0, 0.1) is 32.6 Å². The van der Waals surface area contributed by atoms with Crippen molar-refractivity contribution in [2.24, 2.45) is 14.1 Å². The quantitative estimate of drug-likeness (QED) is 0.0288. The Hall–Kier alpha value is -9.20. The highest BCUT2D eigenvalue weighted by Gasteiger charge is 2.25. The van der Waals surface area contributed by atoms with Crippen LogP contribution in [-0.2, 0) is 57.7 Å². The number of aryl methyl sites for hydroxylation is 2. The molecule has 11 rings (SSSR count). The molecule has 0 unspecified atom stereocenters. The summed E-state index contributed by atoms with van der Waals surface area (Å²) in [5.74, 6) is -1.67. The van der Waals surface area contributed by atoms with E-state index < -0.39 is 45.3 Å². The molecular weight excluding hydrogens is 1540 g/mol. The third-order valence-corrected chi connectivity index (χ3v) is 16.8. The molecule has 4 aromatic heterocycles. The molecule has 6 N–H and O–H groups in total. The number of halogens is 4. The summed E-state index contributed by atoms with van der Waals surface area (Å²) < 4.78 is 53.2. The maximum absolute atomic E-state index is 15.0. The van der Waals surface area contributed by atoms with Crippen LogP contribution in [0.15, 0.2) is 174 Å². The van der Waals surface area contributed by atoms with Crippen LogP contribution in [0.25, 0.3) is 33.2 Å². The molecule has 1 fully saturated rings. The fourth-order valence-corrected chi connectivity index (χ4v) is 11.6. The summed E-state index contributed by atoms with van der Waals surface area (Å²) in [6.07, 6.45) is 5.36. The van der Waals surface area contributed by atoms with Crippen molar-refractivity contribution < 1.29 is 37.7 Å². The molecule has 0 bridgehead atoms. The first-order valence-corrected chi connectivity index (χ1v) is 33.6. The smallest absolute Gasteiger partial charge is 0.336 e. The van der Waals surface area contributed by atoms with E-state index in [0.29, 0.717) is 62.6 Å². The number of carbonyl (C=O) groups excluding carboxylic acids is 2. The number of aliphatic hydroxyl groups excluding tert-OH is 1. The summed E-state index contributed by atoms with van der Waals surface area (Å²) in [5.41, 5.74) is 0.647. The standard InChI is InChI=1S/C34H33FIN5O5.C23H19FIN5O4.C11H16O2.C4H8O.4CH4/c1-21-30-29(31(39(3)32(21)43)38-28-15-14-24(36)18-27(28)35)33(44)40(16-7-8-17-46-20-23-10-5-4-6-11-23)34(45)41(30)26-13-9-12-25(19-26)37-22(2)42;1-11-19-18(20(29(3)22(11)33)27-17-8-7-13(25)9-16(17)24)21(32)28-23(34)30(19)15-6-4-5-14(10-15)26-12(2)31;12-8-4-5-9-13-10-11-6-2-1-3-7-11;1-2-4-5-3-1;;;;/h4-6,9-15,18-19,38H,7-8,16-17,20H2,1-3H3,(H,37,42);4-10,27H,1-3H3,(H,26,31)(H,28,32,34);1-3,6-7,12H,4-5,8-10H2;1-4H2;4*1H4. The summed E-state index contributed by atoms with van der Waals surface area (Å²) in [6, 6.07) is 41.9. The highest BCUT2D eigenvalue weighted by molar-refractivity contribution is 14.1. The van der Waals surface area contributed by atoms with Gasteiger partial charge in [0.05, 0.1) is 47.0 Å². The molecule has 0 atom stereocenters. The third kappa shape index (κ3) is 22.2. The molecule has 10 aromatic rings. The number of nitrogens with one attached hydrogen (secondary N) is 5. The number of H-pyrrole nitrogens is 1. The van der Waals surface area contributed by atoms with Crippen LogP contribution >= 0.6 is 45.2 Å². The number of nitrogens with zero attached hydrogens (tertiary/aromatic N) is 5. The number of hydrogen-bond acceptors (Lipinski definition) is 14. The Morgan fingerprint density at radius 1 is 0.559 bits per heavy atom. The minimum Gasteiger partial charge on any atom is -0.396 e. The molecule has 22 nitrogen and oxygen atoms in total. The van der Waals surface area contributed by atoms with Crippen LogP contribution < -0.4 is 54.9 Å². The minimum atomic E-state index is -0.764. The number of carbonyl (C=O) groups is 2. The molecule has 0 saturated carbocycles. The van der Waals surface area contributed by atoms with Gasteiger partial charge in [0.25, 0.3) is 22.2 Å². The molecule has 1 aliphatic heterocycles. The van der Waals surface area contributed by atoms with Gasteiger partial charge in [-0.2, -0.15) is 0 Å². The van der Waals surface area contributed by atoms with E-state index in [0.717, 1.165) is 42.8 Å². The van der Waals surface area contributed by atoms with Gasteiger partial charge in [0.1, 0.15) is 34.0 Å². The van der Waals surface area contributed by atoms with Crippen molar-refractivity contribution in [3.05, 3.63) is 249 Å². The molecule has 26 heteroatoms. The Labute approximate surface area is 619 Å². The largest absolute Gasteiger partial charge is 0.396 e. The lowest BCUT2D eigenvalue weighted by molar-refractivity contribution is -0.115. The van der Waals surface area contributed by atoms with Crippen LogP contribution in [0.1, 0.15) is 104 Å². The number of hydrogen-bond donors (Lipinski definition) is 6. The molecule has 1 aliphatic rings. The molecule has 546 valence electrons. The van der Waals surface area contributed by atoms with Gasteiger partial charge in [-0.3, -0.25) is 56.6 Å². The first-order valence-electron chi connectivity index (χ1n) is 31.5. The lowest BCUT2D eigenvalue weighted by Crippen LogP contribution is -2.41. The van der Waals surface area contributed by atoms with Gasteiger partial charge in [-0.15, -0.1) is 0 Å². The minimum absolute atomic E-state index is 0. The molecular formula is C76H92F2I2N10O12. The lowest BCUT2D eigenvalue weighted by Gasteiger charge is -2.21. The fraction of sp³-hybridized carbons (Fsp3) is 0.316. The van der Waals surface area contributed by atoms with Gasteiger partial charge in [-0.25, -0.2) is 18.4 Å². The number of rotatable bonds is 21. The van der Waals surface area contributed by atoms with Gasteiger partial charge in [0.2, 0.25) is 11.8 Å². The van der Waals surface area contributed by atoms with E-state index in [9.17, 15) is 42.7 Å². The van der Waals surface area contributed by atoms with Gasteiger partial charge in [-0.1, -0.05) is 103 Å². The molecule has 5 heterocycles. The van der Waals surface area contributed by atoms with Gasteiger partial charge >= 0.3 is 11.4 Å². The Bertz CT molecular complexity index is 4860. The number of aromatic amines is 1. The van der Waals surface area contributed by atoms with Gasteiger partial charge < -0.3 is 40.6 Å². The maximum Gasteiger partial charge on any atom is 0.336 e. The SMILES string of the molecule is C.C.C.C.C1CCOC1.CC(=O)Nc1cccc(-n2c(=O)[nH]c(=O)c3c(Nc4ccc(I)cc4F)n(C)c(=O)c(C)c32)c1.CC(=O)Nc1cccc(-n2c(=O)n(CCCCOCc3ccccc3)c(=O)c3c(Nc4ccc(I)cc4F)n(C)c(=O)c(C)c32)c1.OCCCCOCc1ccccc1. The zero-order valence-corrected chi connectivity index (χ0v) is 59.3. The summed E-state index contributed by atoms with van der Waals surface area (Å²) in [6.45, 7) is 10.4. The van der Waals surface area contributed by atoms with E-state index in [1.54, 1.807) is 67.6 Å². The van der Waals surface area contributed by atoms with Crippen molar-refractivity contribution in [2.75, 3.05) is 54.3 Å². The Balaban J connectivity index is 0.000000343. The molecule has 0 aliphatic carbocycles. The number of amides is 2. The van der Waals surface area contributed by atoms with Crippen molar-refractivity contribution in [3.63, 3.8) is 0 Å². The number of pyridine rings is 2. The van der Waals surface area contributed by atoms with E-state index in [1.165, 1.54) is 95.8 Å². The molecule has 1 saturated heterocycles. The van der Waals surface area contributed by atoms with Crippen molar-refractivity contribution in [3.8, 4) is 11.4 Å². The van der Waals surface area contributed by atoms with E-state index in [-0.39, 0.29) is 111 Å². The third-order valence-electron chi connectivity index (χ3n) is 15.4. The molecule has 2 amide bonds. The zero-order chi connectivity index (χ0) is 70.6. The Morgan fingerprint density at radius 2 is 1.00 bits per heavy atom. The average Bonchev–Trinajstić information content (AvgIpc) is 0.831. The van der Waals surface area contributed by atoms with Gasteiger partial charge in [0.15, 0.2) is 0 Å². The lowest BCUT2D eigenvalue weighted by atomic mass is 10.1. The van der Waals surface area contributed by atoms with Crippen LogP contribution in [0.3, 0.4) is 0 Å². The first-order chi connectivity index (χ1) is 47.1. The second kappa shape index (κ2) is 41.0. The number of aromatic nitrogens is 6. The predicted molar refractivity (Wildman–Crippen MR) is 422 cm³/mol. The fourth-order valence-electron chi connectivity index (χ4n) is 10.7. The second-order valence-electron chi connectivity index (χ2n) is 22.8. The number of fused-ring (bicyclic) bond motifs is 2. The monoisotopic (exact) mass is 1630 g/mol. The summed E-state index contributed by atoms with van der Waals surface area (Å²) in [4.78, 5) is 107. The zero-order valence-electron chi connectivity index (χ0n) is 54.9. The number of ether oxygens (including phenoxy) is 3. The van der Waals surface area contributed by atoms with E-state index >= 15 is 4.39 Å². The van der Waals surface area contributed by atoms with Gasteiger partial charge in [0, 0.05) is 97.2 Å². The Kier molecular flexibility index (Phi) is 34.3. The summed E-state index contributed by atoms with van der Waals surface area (Å²) >= 11 is 3.96. The van der Waals surface area contributed by atoms with Crippen LogP contribution in [0.4, 0.5) is 43.2 Å². The number of anilines is 6. The number of aliphatic hydroxyl groups is 1. The average molecular weight is 1630 g/mol. The molecule has 102 heavy (non-hydrogen) atoms. The summed E-state index contributed by atoms with van der Waals surface area (Å²) in [7, 11) is 2.94. The topological polar surface area (TPSA) is 273 Å². The van der Waals surface area contributed by atoms with Crippen LogP contribution in [-0.4, -0.2) is 77.8 Å². The van der Waals surface area contributed by atoms with Crippen LogP contribution in [0.2, 0.25) is 0 Å². The number of benzene rings is 6. The van der Waals surface area contributed by atoms with E-state index in [4.69, 9.17) is 19.3 Å². The van der Waals surface area contributed by atoms with Crippen LogP contribution in [0.5, 0.6) is 0 Å². The maximum atomic E-state index is 15.0. The first kappa shape index (κ1) is 85.2. The highest BCUT2D eigenvalue weighted by atomic mass is 127. The van der Waals surface area contributed by atoms with Crippen molar-refractivity contribution >= 4 is 113 Å². The van der Waals surface area contributed by atoms with Crippen molar-refractivity contribution in [1.29, 1.82) is 0 Å². The summed E-state index contributed by atoms with van der Waals surface area (Å²) in [5, 5.41) is 19.7. The van der Waals surface area contributed by atoms with Crippen molar-refractivity contribution in [2.45, 2.75) is 116 Å². The predicted octanol–water partition coefficient (Wildman–Crippen LogP) is 14.1. The van der Waals surface area contributed by atoms with E-state index in [1.807, 2.05) is 106 Å². The van der Waals surface area contributed by atoms with Gasteiger partial charge in [-0.05, 0) is 181 Å². The van der Waals surface area contributed by atoms with E-state index in [2.05, 4.69) is 26.3 Å².